The number of hydrogen-bond acceptors (Lipinski definition) is 2. The van der Waals surface area contributed by atoms with E-state index in [4.69, 9.17) is 3.07 Å². The SMILES string of the molecule is O=C1OI([n+]2ccccc2)c2ccccc21. The fraction of sp³-hybridized carbons (Fsp3) is 0. The summed E-state index contributed by atoms with van der Waals surface area (Å²) in [6.45, 7) is 0. The molecule has 0 amide bonds. The predicted molar refractivity (Wildman–Crippen MR) is 66.6 cm³/mol. The summed E-state index contributed by atoms with van der Waals surface area (Å²) in [7, 11) is 0. The van der Waals surface area contributed by atoms with Crippen molar-refractivity contribution in [2.75, 3.05) is 0 Å². The second-order valence-corrected chi connectivity index (χ2v) is 7.33. The molecule has 1 aromatic carbocycles. The van der Waals surface area contributed by atoms with Gasteiger partial charge in [0.05, 0.1) is 0 Å². The number of carbonyl (C=O) groups is 1. The number of hydrogen-bond donors (Lipinski definition) is 0. The third kappa shape index (κ3) is 1.49. The Balaban J connectivity index is 2.11. The first kappa shape index (κ1) is 9.77. The molecule has 0 saturated heterocycles. The first-order chi connectivity index (χ1) is 7.86. The number of rotatable bonds is 1. The van der Waals surface area contributed by atoms with Crippen LogP contribution in [0.5, 0.6) is 0 Å². The van der Waals surface area contributed by atoms with Gasteiger partial charge in [-0.15, -0.1) is 0 Å². The molecule has 0 unspecified atom stereocenters. The zero-order chi connectivity index (χ0) is 11.0. The number of carbonyl (C=O) groups excluding carboxylic acids is 1. The van der Waals surface area contributed by atoms with Gasteiger partial charge in [-0.1, -0.05) is 0 Å². The average molecular weight is 326 g/mol. The van der Waals surface area contributed by atoms with Gasteiger partial charge in [0.25, 0.3) is 0 Å². The minimum atomic E-state index is -2.02. The van der Waals surface area contributed by atoms with Gasteiger partial charge in [0.1, 0.15) is 0 Å². The molecule has 0 saturated carbocycles. The van der Waals surface area contributed by atoms with Crippen LogP contribution in [0.25, 0.3) is 0 Å². The van der Waals surface area contributed by atoms with Crippen molar-refractivity contribution in [1.29, 1.82) is 0 Å². The number of aromatic nitrogens is 1. The molecule has 0 N–H and O–H groups in total. The zero-order valence-corrected chi connectivity index (χ0v) is 10.5. The monoisotopic (exact) mass is 326 g/mol. The predicted octanol–water partition coefficient (Wildman–Crippen LogP) is 2.20. The third-order valence-electron chi connectivity index (χ3n) is 2.27. The van der Waals surface area contributed by atoms with E-state index in [2.05, 4.69) is 0 Å². The Morgan fingerprint density at radius 3 is 2.56 bits per heavy atom. The minimum absolute atomic E-state index is 0.183. The molecule has 0 fully saturated rings. The Hall–Kier alpha value is -1.43. The molecule has 0 atom stereocenters. The van der Waals surface area contributed by atoms with Crippen LogP contribution in [0.2, 0.25) is 0 Å². The molecule has 1 aliphatic rings. The second-order valence-electron chi connectivity index (χ2n) is 3.29. The van der Waals surface area contributed by atoms with E-state index in [-0.39, 0.29) is 5.97 Å². The van der Waals surface area contributed by atoms with E-state index < -0.39 is 20.5 Å². The van der Waals surface area contributed by atoms with Crippen molar-refractivity contribution in [1.82, 2.24) is 0 Å². The van der Waals surface area contributed by atoms with E-state index in [0.717, 1.165) is 9.13 Å². The maximum absolute atomic E-state index is 11.7. The maximum atomic E-state index is 11.7. The molecule has 2 aromatic rings. The Labute approximate surface area is 101 Å². The number of benzene rings is 1. The van der Waals surface area contributed by atoms with Crippen LogP contribution in [0.15, 0.2) is 54.9 Å². The molecule has 0 radical (unpaired) electrons. The Morgan fingerprint density at radius 2 is 1.75 bits per heavy atom. The van der Waals surface area contributed by atoms with Crippen LogP contribution in [0, 0.1) is 3.57 Å². The molecule has 1 aromatic heterocycles. The van der Waals surface area contributed by atoms with Gasteiger partial charge in [-0.25, -0.2) is 0 Å². The third-order valence-corrected chi connectivity index (χ3v) is 6.67. The summed E-state index contributed by atoms with van der Waals surface area (Å²) in [5.41, 5.74) is 0.726. The summed E-state index contributed by atoms with van der Waals surface area (Å²) in [5.74, 6) is -0.183. The van der Waals surface area contributed by atoms with E-state index in [1.165, 1.54) is 0 Å². The van der Waals surface area contributed by atoms with E-state index in [0.29, 0.717) is 0 Å². The Kier molecular flexibility index (Phi) is 2.36. The van der Waals surface area contributed by atoms with Crippen LogP contribution in [-0.4, -0.2) is 5.97 Å². The summed E-state index contributed by atoms with van der Waals surface area (Å²) in [6, 6.07) is 13.5. The molecule has 16 heavy (non-hydrogen) atoms. The van der Waals surface area contributed by atoms with Crippen molar-refractivity contribution >= 4 is 26.5 Å². The van der Waals surface area contributed by atoms with Crippen molar-refractivity contribution in [3.8, 4) is 0 Å². The zero-order valence-electron chi connectivity index (χ0n) is 8.34. The van der Waals surface area contributed by atoms with Crippen LogP contribution in [0.3, 0.4) is 0 Å². The normalized spacial score (nSPS) is 15.8. The average Bonchev–Trinajstić information content (AvgIpc) is 2.69. The topological polar surface area (TPSA) is 30.2 Å². The van der Waals surface area contributed by atoms with Crippen LogP contribution in [0.1, 0.15) is 10.4 Å². The van der Waals surface area contributed by atoms with Crippen molar-refractivity contribution in [3.05, 3.63) is 64.0 Å². The molecule has 3 rings (SSSR count). The van der Waals surface area contributed by atoms with Gasteiger partial charge in [0.15, 0.2) is 0 Å². The number of nitrogens with zero attached hydrogens (tertiary/aromatic N) is 1. The number of fused-ring (bicyclic) bond motifs is 1. The van der Waals surface area contributed by atoms with Gasteiger partial charge in [-0.05, 0) is 0 Å². The van der Waals surface area contributed by atoms with Crippen molar-refractivity contribution in [2.45, 2.75) is 0 Å². The molecular formula is C12H9INO2+. The fourth-order valence-corrected chi connectivity index (χ4v) is 5.59. The van der Waals surface area contributed by atoms with Gasteiger partial charge < -0.3 is 0 Å². The summed E-state index contributed by atoms with van der Waals surface area (Å²) in [5, 5.41) is 0. The fourth-order valence-electron chi connectivity index (χ4n) is 1.54. The first-order valence-electron chi connectivity index (χ1n) is 4.85. The number of halogens is 1. The molecule has 0 bridgehead atoms. The Bertz CT molecular complexity index is 542. The molecule has 80 valence electrons. The standard InChI is InChI=1S/C12H9INO2/c15-12-10-6-2-3-7-11(10)13(16-12)14-8-4-1-5-9-14/h1-9H/q+1. The molecule has 0 aliphatic carbocycles. The van der Waals surface area contributed by atoms with Gasteiger partial charge in [0, 0.05) is 0 Å². The summed E-state index contributed by atoms with van der Waals surface area (Å²) < 4.78 is 8.61. The molecule has 3 nitrogen and oxygen atoms in total. The Morgan fingerprint density at radius 1 is 1.00 bits per heavy atom. The molecular weight excluding hydrogens is 317 g/mol. The molecule has 1 aliphatic heterocycles. The van der Waals surface area contributed by atoms with Crippen molar-refractivity contribution < 1.29 is 10.6 Å². The summed E-state index contributed by atoms with van der Waals surface area (Å²) in [4.78, 5) is 11.7. The van der Waals surface area contributed by atoms with Gasteiger partial charge in [-0.2, -0.15) is 0 Å². The second kappa shape index (κ2) is 3.86. The van der Waals surface area contributed by atoms with E-state index in [9.17, 15) is 4.79 Å². The molecule has 4 heteroatoms. The van der Waals surface area contributed by atoms with E-state index >= 15 is 0 Å². The summed E-state index contributed by atoms with van der Waals surface area (Å²) in [6.07, 6.45) is 3.92. The van der Waals surface area contributed by atoms with Gasteiger partial charge in [-0.3, -0.25) is 0 Å². The van der Waals surface area contributed by atoms with Crippen LogP contribution < -0.4 is 2.78 Å². The van der Waals surface area contributed by atoms with E-state index in [1.807, 2.05) is 57.6 Å². The summed E-state index contributed by atoms with van der Waals surface area (Å²) >= 11 is -2.02. The number of pyridine rings is 1. The van der Waals surface area contributed by atoms with Gasteiger partial charge in [0.2, 0.25) is 0 Å². The van der Waals surface area contributed by atoms with Gasteiger partial charge >= 0.3 is 101 Å². The quantitative estimate of drug-likeness (QED) is 0.752. The first-order valence-corrected chi connectivity index (χ1v) is 7.77. The van der Waals surface area contributed by atoms with Crippen molar-refractivity contribution in [3.63, 3.8) is 0 Å². The van der Waals surface area contributed by atoms with E-state index in [1.54, 1.807) is 0 Å². The van der Waals surface area contributed by atoms with Crippen LogP contribution in [0.4, 0.5) is 0 Å². The van der Waals surface area contributed by atoms with Crippen molar-refractivity contribution in [2.24, 2.45) is 0 Å². The molecule has 0 spiro atoms. The van der Waals surface area contributed by atoms with Crippen LogP contribution >= 0.6 is 20.5 Å². The van der Waals surface area contributed by atoms with Crippen LogP contribution in [-0.2, 0) is 3.07 Å². The molecule has 2 heterocycles.